The molecular formula is C24H26N4O3. The van der Waals surface area contributed by atoms with Gasteiger partial charge in [-0.2, -0.15) is 5.10 Å². The van der Waals surface area contributed by atoms with E-state index in [1.807, 2.05) is 61.5 Å². The van der Waals surface area contributed by atoms with Gasteiger partial charge < -0.3 is 10.6 Å². The van der Waals surface area contributed by atoms with Crippen LogP contribution in [0.1, 0.15) is 26.3 Å². The van der Waals surface area contributed by atoms with E-state index in [0.717, 1.165) is 22.2 Å². The zero-order valence-electron chi connectivity index (χ0n) is 17.9. The van der Waals surface area contributed by atoms with Gasteiger partial charge in [0.25, 0.3) is 5.56 Å². The highest BCUT2D eigenvalue weighted by atomic mass is 16.2. The molecule has 3 aromatic rings. The van der Waals surface area contributed by atoms with E-state index in [2.05, 4.69) is 15.7 Å². The lowest BCUT2D eigenvalue weighted by molar-refractivity contribution is -0.119. The van der Waals surface area contributed by atoms with Gasteiger partial charge in [-0.1, -0.05) is 69.3 Å². The molecule has 0 aliphatic rings. The van der Waals surface area contributed by atoms with Crippen molar-refractivity contribution in [3.8, 4) is 11.3 Å². The van der Waals surface area contributed by atoms with Crippen molar-refractivity contribution in [2.75, 3.05) is 10.6 Å². The van der Waals surface area contributed by atoms with Crippen LogP contribution in [-0.2, 0) is 22.6 Å². The van der Waals surface area contributed by atoms with Gasteiger partial charge in [-0.05, 0) is 24.1 Å². The Kier molecular flexibility index (Phi) is 6.97. The number of carbonyl (C=O) groups is 2. The monoisotopic (exact) mass is 418 g/mol. The molecule has 0 saturated carbocycles. The molecule has 1 aromatic heterocycles. The van der Waals surface area contributed by atoms with E-state index >= 15 is 0 Å². The Labute approximate surface area is 181 Å². The fourth-order valence-electron chi connectivity index (χ4n) is 3.04. The minimum absolute atomic E-state index is 0.0920. The molecule has 31 heavy (non-hydrogen) atoms. The average Bonchev–Trinajstić information content (AvgIpc) is 2.77. The van der Waals surface area contributed by atoms with E-state index in [4.69, 9.17) is 0 Å². The molecule has 0 spiro atoms. The SMILES string of the molecule is CCc1ccccc1NC(=O)Cn1nc(-c2ccccc2)cc(NC(=O)C(C)C)c1=O. The maximum Gasteiger partial charge on any atom is 0.291 e. The molecule has 3 rings (SSSR count). The summed E-state index contributed by atoms with van der Waals surface area (Å²) in [6.07, 6.45) is 0.767. The molecule has 0 saturated heterocycles. The van der Waals surface area contributed by atoms with Crippen molar-refractivity contribution in [3.63, 3.8) is 0 Å². The van der Waals surface area contributed by atoms with Gasteiger partial charge in [-0.15, -0.1) is 0 Å². The number of para-hydroxylation sites is 1. The summed E-state index contributed by atoms with van der Waals surface area (Å²) in [6.45, 7) is 5.21. The second kappa shape index (κ2) is 9.84. The number of aromatic nitrogens is 2. The summed E-state index contributed by atoms with van der Waals surface area (Å²) in [7, 11) is 0. The molecule has 1 heterocycles. The van der Waals surface area contributed by atoms with Gasteiger partial charge in [-0.3, -0.25) is 14.4 Å². The molecule has 7 heteroatoms. The Morgan fingerprint density at radius 3 is 2.32 bits per heavy atom. The molecule has 0 bridgehead atoms. The first-order valence-electron chi connectivity index (χ1n) is 10.2. The van der Waals surface area contributed by atoms with Crippen molar-refractivity contribution in [1.82, 2.24) is 9.78 Å². The summed E-state index contributed by atoms with van der Waals surface area (Å²) in [5, 5.41) is 9.88. The minimum atomic E-state index is -0.535. The van der Waals surface area contributed by atoms with E-state index in [0.29, 0.717) is 11.4 Å². The lowest BCUT2D eigenvalue weighted by Gasteiger charge is -2.14. The molecule has 2 aromatic carbocycles. The first-order chi connectivity index (χ1) is 14.9. The standard InChI is InChI=1S/C24H26N4O3/c1-4-17-10-8-9-13-19(17)25-22(29)15-28-24(31)21(26-23(30)16(2)3)14-20(27-28)18-11-6-5-7-12-18/h5-14,16H,4,15H2,1-3H3,(H,25,29)(H,26,30). The number of nitrogens with one attached hydrogen (secondary N) is 2. The van der Waals surface area contributed by atoms with Crippen LogP contribution in [0.4, 0.5) is 11.4 Å². The molecule has 0 atom stereocenters. The number of aryl methyl sites for hydroxylation is 1. The number of amides is 2. The topological polar surface area (TPSA) is 93.1 Å². The van der Waals surface area contributed by atoms with Crippen LogP contribution in [0.15, 0.2) is 65.5 Å². The molecule has 0 radical (unpaired) electrons. The highest BCUT2D eigenvalue weighted by Gasteiger charge is 2.16. The van der Waals surface area contributed by atoms with Crippen LogP contribution in [0.2, 0.25) is 0 Å². The molecule has 0 unspecified atom stereocenters. The van der Waals surface area contributed by atoms with Crippen LogP contribution >= 0.6 is 0 Å². The third-order valence-corrected chi connectivity index (χ3v) is 4.79. The Morgan fingerprint density at radius 1 is 0.968 bits per heavy atom. The summed E-state index contributed by atoms with van der Waals surface area (Å²) in [4.78, 5) is 37.8. The quantitative estimate of drug-likeness (QED) is 0.612. The summed E-state index contributed by atoms with van der Waals surface area (Å²) in [6, 6.07) is 18.3. The van der Waals surface area contributed by atoms with Crippen molar-refractivity contribution < 1.29 is 9.59 Å². The maximum atomic E-state index is 12.9. The molecule has 0 aliphatic heterocycles. The number of carbonyl (C=O) groups excluding carboxylic acids is 2. The maximum absolute atomic E-state index is 12.9. The zero-order chi connectivity index (χ0) is 22.4. The molecule has 0 fully saturated rings. The Balaban J connectivity index is 1.95. The van der Waals surface area contributed by atoms with Gasteiger partial charge in [0.2, 0.25) is 11.8 Å². The summed E-state index contributed by atoms with van der Waals surface area (Å²) in [5.41, 5.74) is 2.52. The summed E-state index contributed by atoms with van der Waals surface area (Å²) < 4.78 is 1.09. The molecule has 2 amide bonds. The van der Waals surface area contributed by atoms with Gasteiger partial charge in [0, 0.05) is 17.2 Å². The lowest BCUT2D eigenvalue weighted by atomic mass is 10.1. The van der Waals surface area contributed by atoms with Crippen molar-refractivity contribution in [3.05, 3.63) is 76.6 Å². The number of benzene rings is 2. The molecule has 0 aliphatic carbocycles. The highest BCUT2D eigenvalue weighted by molar-refractivity contribution is 5.93. The third-order valence-electron chi connectivity index (χ3n) is 4.79. The number of hydrogen-bond acceptors (Lipinski definition) is 4. The van der Waals surface area contributed by atoms with Gasteiger partial charge >= 0.3 is 0 Å². The van der Waals surface area contributed by atoms with Gasteiger partial charge in [0.15, 0.2) is 0 Å². The third kappa shape index (κ3) is 5.45. The van der Waals surface area contributed by atoms with Crippen LogP contribution in [-0.4, -0.2) is 21.6 Å². The number of anilines is 2. The minimum Gasteiger partial charge on any atom is -0.324 e. The predicted octanol–water partition coefficient (Wildman–Crippen LogP) is 3.71. The van der Waals surface area contributed by atoms with E-state index in [1.165, 1.54) is 0 Å². The van der Waals surface area contributed by atoms with Crippen LogP contribution in [0.25, 0.3) is 11.3 Å². The van der Waals surface area contributed by atoms with E-state index in [9.17, 15) is 14.4 Å². The fourth-order valence-corrected chi connectivity index (χ4v) is 3.04. The molecule has 160 valence electrons. The smallest absolute Gasteiger partial charge is 0.291 e. The average molecular weight is 418 g/mol. The van der Waals surface area contributed by atoms with Crippen molar-refractivity contribution in [2.45, 2.75) is 33.7 Å². The van der Waals surface area contributed by atoms with Gasteiger partial charge in [0.05, 0.1) is 5.69 Å². The first kappa shape index (κ1) is 22.0. The molecule has 2 N–H and O–H groups in total. The fraction of sp³-hybridized carbons (Fsp3) is 0.250. The van der Waals surface area contributed by atoms with E-state index in [-0.39, 0.29) is 30.0 Å². The van der Waals surface area contributed by atoms with E-state index in [1.54, 1.807) is 19.9 Å². The van der Waals surface area contributed by atoms with Crippen LogP contribution in [0.3, 0.4) is 0 Å². The molecule has 7 nitrogen and oxygen atoms in total. The van der Waals surface area contributed by atoms with Crippen LogP contribution in [0.5, 0.6) is 0 Å². The molecular weight excluding hydrogens is 392 g/mol. The highest BCUT2D eigenvalue weighted by Crippen LogP contribution is 2.19. The van der Waals surface area contributed by atoms with Crippen LogP contribution in [0, 0.1) is 5.92 Å². The Bertz CT molecular complexity index is 1140. The van der Waals surface area contributed by atoms with Crippen LogP contribution < -0.4 is 16.2 Å². The second-order valence-corrected chi connectivity index (χ2v) is 7.47. The largest absolute Gasteiger partial charge is 0.324 e. The Hall–Kier alpha value is -3.74. The lowest BCUT2D eigenvalue weighted by Crippen LogP contribution is -2.33. The van der Waals surface area contributed by atoms with Crippen molar-refractivity contribution in [2.24, 2.45) is 5.92 Å². The first-order valence-corrected chi connectivity index (χ1v) is 10.2. The second-order valence-electron chi connectivity index (χ2n) is 7.47. The number of nitrogens with zero attached hydrogens (tertiary/aromatic N) is 2. The summed E-state index contributed by atoms with van der Waals surface area (Å²) >= 11 is 0. The number of hydrogen-bond donors (Lipinski definition) is 2. The zero-order valence-corrected chi connectivity index (χ0v) is 17.9. The Morgan fingerprint density at radius 2 is 1.65 bits per heavy atom. The van der Waals surface area contributed by atoms with Crippen molar-refractivity contribution in [1.29, 1.82) is 0 Å². The normalized spacial score (nSPS) is 10.7. The van der Waals surface area contributed by atoms with Crippen molar-refractivity contribution >= 4 is 23.2 Å². The van der Waals surface area contributed by atoms with Gasteiger partial charge in [-0.25, -0.2) is 4.68 Å². The summed E-state index contributed by atoms with van der Waals surface area (Å²) in [5.74, 6) is -0.952. The van der Waals surface area contributed by atoms with E-state index < -0.39 is 5.56 Å². The number of rotatable bonds is 7. The van der Waals surface area contributed by atoms with Gasteiger partial charge in [0.1, 0.15) is 12.2 Å². The predicted molar refractivity (Wildman–Crippen MR) is 122 cm³/mol.